The molecule has 3 rings (SSSR count). The standard InChI is InChI=1S/C17H16F2N4O4S/c1-4-27-17(24)13-15-20-9(2)8-10(3)23(15)21-16(13)28(25,26)22-14-11(18)6-5-7-12(14)19/h5-8,22H,4H2,1-3H3. The third kappa shape index (κ3) is 3.40. The van der Waals surface area contributed by atoms with E-state index in [1.54, 1.807) is 26.8 Å². The van der Waals surface area contributed by atoms with Gasteiger partial charge in [0.15, 0.2) is 5.65 Å². The second kappa shape index (κ2) is 7.15. The SMILES string of the molecule is CCOC(=O)c1c(S(=O)(=O)Nc2c(F)cccc2F)nn2c(C)cc(C)nc12. The maximum absolute atomic E-state index is 13.9. The number of carbonyl (C=O) groups is 1. The largest absolute Gasteiger partial charge is 0.462 e. The van der Waals surface area contributed by atoms with Crippen molar-refractivity contribution in [2.75, 3.05) is 11.3 Å². The van der Waals surface area contributed by atoms with Crippen LogP contribution >= 0.6 is 0 Å². The van der Waals surface area contributed by atoms with E-state index in [1.807, 2.05) is 4.72 Å². The Hall–Kier alpha value is -3.08. The van der Waals surface area contributed by atoms with E-state index >= 15 is 0 Å². The summed E-state index contributed by atoms with van der Waals surface area (Å²) in [7, 11) is -4.65. The lowest BCUT2D eigenvalue weighted by Gasteiger charge is -2.09. The Kier molecular flexibility index (Phi) is 5.02. The third-order valence-electron chi connectivity index (χ3n) is 3.80. The van der Waals surface area contributed by atoms with E-state index in [1.165, 1.54) is 0 Å². The van der Waals surface area contributed by atoms with Crippen molar-refractivity contribution in [2.45, 2.75) is 25.8 Å². The summed E-state index contributed by atoms with van der Waals surface area (Å²) in [6.07, 6.45) is 0. The maximum Gasteiger partial charge on any atom is 0.345 e. The van der Waals surface area contributed by atoms with E-state index in [2.05, 4.69) is 10.1 Å². The van der Waals surface area contributed by atoms with Crippen LogP contribution in [0.5, 0.6) is 0 Å². The number of nitrogens with one attached hydrogen (secondary N) is 1. The highest BCUT2D eigenvalue weighted by Crippen LogP contribution is 2.26. The number of para-hydroxylation sites is 1. The molecule has 1 aromatic carbocycles. The highest BCUT2D eigenvalue weighted by Gasteiger charge is 2.33. The summed E-state index contributed by atoms with van der Waals surface area (Å²) < 4.78 is 61.4. The van der Waals surface area contributed by atoms with Crippen molar-refractivity contribution in [1.29, 1.82) is 0 Å². The highest BCUT2D eigenvalue weighted by molar-refractivity contribution is 7.92. The van der Waals surface area contributed by atoms with Gasteiger partial charge in [-0.25, -0.2) is 23.1 Å². The molecular weight excluding hydrogens is 394 g/mol. The van der Waals surface area contributed by atoms with Gasteiger partial charge in [-0.3, -0.25) is 4.72 Å². The van der Waals surface area contributed by atoms with Crippen LogP contribution < -0.4 is 4.72 Å². The van der Waals surface area contributed by atoms with Crippen molar-refractivity contribution in [1.82, 2.24) is 14.6 Å². The molecule has 2 aromatic heterocycles. The molecule has 0 spiro atoms. The highest BCUT2D eigenvalue weighted by atomic mass is 32.2. The number of hydrogen-bond donors (Lipinski definition) is 1. The van der Waals surface area contributed by atoms with Gasteiger partial charge in [0.1, 0.15) is 22.9 Å². The lowest BCUT2D eigenvalue weighted by molar-refractivity contribution is 0.0524. The van der Waals surface area contributed by atoms with Gasteiger partial charge >= 0.3 is 5.97 Å². The van der Waals surface area contributed by atoms with Gasteiger partial charge in [0.2, 0.25) is 5.03 Å². The van der Waals surface area contributed by atoms with E-state index in [0.717, 1.165) is 22.7 Å². The lowest BCUT2D eigenvalue weighted by Crippen LogP contribution is -2.19. The van der Waals surface area contributed by atoms with Gasteiger partial charge in [0.05, 0.1) is 6.61 Å². The summed E-state index contributed by atoms with van der Waals surface area (Å²) in [4.78, 5) is 16.6. The average Bonchev–Trinajstić information content (AvgIpc) is 2.99. The van der Waals surface area contributed by atoms with Crippen molar-refractivity contribution in [2.24, 2.45) is 0 Å². The van der Waals surface area contributed by atoms with Gasteiger partial charge in [-0.1, -0.05) is 6.07 Å². The molecule has 0 amide bonds. The first-order chi connectivity index (χ1) is 13.2. The number of benzene rings is 1. The number of aromatic nitrogens is 3. The summed E-state index contributed by atoms with van der Waals surface area (Å²) in [6.45, 7) is 4.84. The summed E-state index contributed by atoms with van der Waals surface area (Å²) in [5.74, 6) is -3.20. The molecule has 0 aliphatic rings. The normalized spacial score (nSPS) is 11.6. The molecule has 28 heavy (non-hydrogen) atoms. The summed E-state index contributed by atoms with van der Waals surface area (Å²) in [6, 6.07) is 4.51. The fraction of sp³-hybridized carbons (Fsp3) is 0.235. The summed E-state index contributed by atoms with van der Waals surface area (Å²) in [5, 5.41) is 3.20. The smallest absolute Gasteiger partial charge is 0.345 e. The number of sulfonamides is 1. The van der Waals surface area contributed by atoms with Gasteiger partial charge in [-0.05, 0) is 39.0 Å². The molecular formula is C17H16F2N4O4S. The number of hydrogen-bond acceptors (Lipinski definition) is 6. The maximum atomic E-state index is 13.9. The molecule has 0 atom stereocenters. The second-order valence-electron chi connectivity index (χ2n) is 5.88. The number of ether oxygens (including phenoxy) is 1. The molecule has 0 saturated carbocycles. The van der Waals surface area contributed by atoms with Crippen LogP contribution in [0.4, 0.5) is 14.5 Å². The molecule has 11 heteroatoms. The molecule has 0 radical (unpaired) electrons. The van der Waals surface area contributed by atoms with Gasteiger partial charge in [0.25, 0.3) is 10.0 Å². The number of nitrogens with zero attached hydrogens (tertiary/aromatic N) is 3. The molecule has 0 aliphatic carbocycles. The lowest BCUT2D eigenvalue weighted by atomic mass is 10.3. The fourth-order valence-electron chi connectivity index (χ4n) is 2.65. The average molecular weight is 410 g/mol. The number of fused-ring (bicyclic) bond motifs is 1. The van der Waals surface area contributed by atoms with Crippen molar-refractivity contribution < 1.29 is 26.7 Å². The minimum Gasteiger partial charge on any atom is -0.462 e. The monoisotopic (exact) mass is 410 g/mol. The van der Waals surface area contributed by atoms with Crippen LogP contribution in [0, 0.1) is 25.5 Å². The van der Waals surface area contributed by atoms with Gasteiger partial charge in [0, 0.05) is 11.4 Å². The van der Waals surface area contributed by atoms with E-state index in [4.69, 9.17) is 4.74 Å². The molecule has 0 bridgehead atoms. The zero-order valence-corrected chi connectivity index (χ0v) is 16.0. The van der Waals surface area contributed by atoms with E-state index in [-0.39, 0.29) is 12.3 Å². The number of carbonyl (C=O) groups excluding carboxylic acids is 1. The number of anilines is 1. The summed E-state index contributed by atoms with van der Waals surface area (Å²) in [5.41, 5.74) is -0.308. The zero-order chi connectivity index (χ0) is 20.6. The number of rotatable bonds is 5. The second-order valence-corrected chi connectivity index (χ2v) is 7.47. The molecule has 0 saturated heterocycles. The van der Waals surface area contributed by atoms with E-state index < -0.39 is 43.9 Å². The Morgan fingerprint density at radius 1 is 1.25 bits per heavy atom. The minimum atomic E-state index is -4.65. The van der Waals surface area contributed by atoms with E-state index in [9.17, 15) is 22.0 Å². The Morgan fingerprint density at radius 3 is 2.50 bits per heavy atom. The number of esters is 1. The van der Waals surface area contributed by atoms with Crippen molar-refractivity contribution in [3.63, 3.8) is 0 Å². The molecule has 0 fully saturated rings. The first-order valence-electron chi connectivity index (χ1n) is 8.16. The third-order valence-corrected chi connectivity index (χ3v) is 5.06. The molecule has 148 valence electrons. The van der Waals surface area contributed by atoms with Crippen LogP contribution in [0.2, 0.25) is 0 Å². The first-order valence-corrected chi connectivity index (χ1v) is 9.65. The minimum absolute atomic E-state index is 0.0180. The zero-order valence-electron chi connectivity index (χ0n) is 15.2. The van der Waals surface area contributed by atoms with Crippen molar-refractivity contribution in [3.8, 4) is 0 Å². The van der Waals surface area contributed by atoms with E-state index in [0.29, 0.717) is 11.4 Å². The Balaban J connectivity index is 2.25. The van der Waals surface area contributed by atoms with Crippen LogP contribution in [0.3, 0.4) is 0 Å². The van der Waals surface area contributed by atoms with Crippen LogP contribution in [0.15, 0.2) is 29.3 Å². The fourth-order valence-corrected chi connectivity index (χ4v) is 3.84. The van der Waals surface area contributed by atoms with Crippen LogP contribution in [0.1, 0.15) is 28.7 Å². The predicted octanol–water partition coefficient (Wildman–Crippen LogP) is 2.60. The van der Waals surface area contributed by atoms with Gasteiger partial charge in [-0.15, -0.1) is 0 Å². The molecule has 2 heterocycles. The molecule has 0 aliphatic heterocycles. The number of halogens is 2. The Bertz CT molecular complexity index is 1170. The molecule has 8 nitrogen and oxygen atoms in total. The molecule has 3 aromatic rings. The number of aryl methyl sites for hydroxylation is 2. The molecule has 0 unspecified atom stereocenters. The van der Waals surface area contributed by atoms with Gasteiger partial charge in [-0.2, -0.15) is 13.5 Å². The molecule has 1 N–H and O–H groups in total. The first kappa shape index (κ1) is 19.7. The topological polar surface area (TPSA) is 103 Å². The van der Waals surface area contributed by atoms with Crippen LogP contribution in [0.25, 0.3) is 5.65 Å². The van der Waals surface area contributed by atoms with Crippen LogP contribution in [-0.2, 0) is 14.8 Å². The van der Waals surface area contributed by atoms with Crippen LogP contribution in [-0.4, -0.2) is 35.6 Å². The summed E-state index contributed by atoms with van der Waals surface area (Å²) >= 11 is 0. The van der Waals surface area contributed by atoms with Crippen molar-refractivity contribution in [3.05, 3.63) is 52.9 Å². The predicted molar refractivity (Wildman–Crippen MR) is 95.6 cm³/mol. The van der Waals surface area contributed by atoms with Gasteiger partial charge < -0.3 is 4.74 Å². The Morgan fingerprint density at radius 2 is 1.89 bits per heavy atom. The van der Waals surface area contributed by atoms with Crippen molar-refractivity contribution >= 4 is 27.3 Å². The quantitative estimate of drug-likeness (QED) is 0.649. The Labute approximate surface area is 159 Å².